The summed E-state index contributed by atoms with van der Waals surface area (Å²) in [6.45, 7) is 0. The molecule has 3 rings (SSSR count). The minimum absolute atomic E-state index is 0.0304. The number of fused-ring (bicyclic) bond motifs is 1. The molecule has 0 aromatic heterocycles. The Hall–Kier alpha value is -2.21. The number of rotatable bonds is 2. The van der Waals surface area contributed by atoms with Gasteiger partial charge in [-0.25, -0.2) is 4.79 Å². The van der Waals surface area contributed by atoms with Crippen molar-refractivity contribution < 1.29 is 27.8 Å². The summed E-state index contributed by atoms with van der Waals surface area (Å²) in [4.78, 5) is 11.6. The summed E-state index contributed by atoms with van der Waals surface area (Å²) in [7, 11) is 0. The third-order valence-corrected chi connectivity index (χ3v) is 4.09. The third kappa shape index (κ3) is 2.94. The van der Waals surface area contributed by atoms with Crippen LogP contribution in [-0.2, 0) is 4.79 Å². The van der Waals surface area contributed by atoms with Gasteiger partial charge in [0.2, 0.25) is 6.10 Å². The van der Waals surface area contributed by atoms with Crippen LogP contribution in [0, 0.1) is 0 Å². The van der Waals surface area contributed by atoms with Crippen LogP contribution in [0.1, 0.15) is 18.4 Å². The molecule has 0 fully saturated rings. The van der Waals surface area contributed by atoms with Crippen molar-refractivity contribution >= 4 is 23.1 Å². The third-order valence-electron chi connectivity index (χ3n) is 3.85. The average molecular weight is 357 g/mol. The maximum atomic E-state index is 13.4. The van der Waals surface area contributed by atoms with E-state index in [0.29, 0.717) is 18.4 Å². The summed E-state index contributed by atoms with van der Waals surface area (Å²) < 4.78 is 45.1. The number of hydrogen-bond donors (Lipinski definition) is 1. The topological polar surface area (TPSA) is 46.5 Å². The Morgan fingerprint density at radius 3 is 2.67 bits per heavy atom. The summed E-state index contributed by atoms with van der Waals surface area (Å²) in [6.07, 6.45) is -1.11. The number of carboxylic acid groups (broad SMARTS) is 1. The van der Waals surface area contributed by atoms with Crippen molar-refractivity contribution in [3.05, 3.63) is 58.2 Å². The van der Waals surface area contributed by atoms with Gasteiger partial charge in [-0.05, 0) is 36.6 Å². The van der Waals surface area contributed by atoms with Gasteiger partial charge in [0.25, 0.3) is 0 Å². The molecule has 2 aliphatic rings. The zero-order chi connectivity index (χ0) is 17.5. The molecule has 1 unspecified atom stereocenters. The van der Waals surface area contributed by atoms with Crippen LogP contribution in [0.3, 0.4) is 0 Å². The van der Waals surface area contributed by atoms with Crippen LogP contribution >= 0.6 is 11.6 Å². The second kappa shape index (κ2) is 6.02. The van der Waals surface area contributed by atoms with Crippen molar-refractivity contribution in [3.8, 4) is 5.75 Å². The van der Waals surface area contributed by atoms with Crippen molar-refractivity contribution in [2.75, 3.05) is 0 Å². The molecule has 0 saturated heterocycles. The average Bonchev–Trinajstić information content (AvgIpc) is 2.52. The van der Waals surface area contributed by atoms with Crippen molar-refractivity contribution in [3.63, 3.8) is 0 Å². The highest BCUT2D eigenvalue weighted by atomic mass is 35.5. The number of carboxylic acids is 1. The largest absolute Gasteiger partial charge is 0.478 e. The van der Waals surface area contributed by atoms with Gasteiger partial charge in [-0.15, -0.1) is 0 Å². The number of aliphatic carboxylic acids is 1. The van der Waals surface area contributed by atoms with Crippen LogP contribution in [0.15, 0.2) is 47.6 Å². The predicted octanol–water partition coefficient (Wildman–Crippen LogP) is 4.78. The first kappa shape index (κ1) is 16.6. The van der Waals surface area contributed by atoms with E-state index in [1.54, 1.807) is 12.2 Å². The minimum Gasteiger partial charge on any atom is -0.478 e. The van der Waals surface area contributed by atoms with Crippen molar-refractivity contribution in [2.24, 2.45) is 0 Å². The Morgan fingerprint density at radius 1 is 1.33 bits per heavy atom. The molecule has 0 amide bonds. The zero-order valence-corrected chi connectivity index (χ0v) is 13.0. The highest BCUT2D eigenvalue weighted by molar-refractivity contribution is 6.31. The monoisotopic (exact) mass is 356 g/mol. The molecule has 1 aliphatic heterocycles. The maximum Gasteiger partial charge on any atom is 0.430 e. The molecule has 1 aromatic carbocycles. The highest BCUT2D eigenvalue weighted by Gasteiger charge is 2.50. The zero-order valence-electron chi connectivity index (χ0n) is 12.2. The smallest absolute Gasteiger partial charge is 0.430 e. The summed E-state index contributed by atoms with van der Waals surface area (Å²) >= 11 is 5.95. The minimum atomic E-state index is -4.85. The van der Waals surface area contributed by atoms with Gasteiger partial charge < -0.3 is 9.84 Å². The first-order valence-electron chi connectivity index (χ1n) is 7.16. The van der Waals surface area contributed by atoms with E-state index in [1.807, 2.05) is 6.08 Å². The number of hydrogen-bond acceptors (Lipinski definition) is 2. The molecule has 1 aliphatic carbocycles. The lowest BCUT2D eigenvalue weighted by atomic mass is 9.84. The van der Waals surface area contributed by atoms with Gasteiger partial charge >= 0.3 is 12.1 Å². The van der Waals surface area contributed by atoms with Crippen molar-refractivity contribution in [1.82, 2.24) is 0 Å². The fourth-order valence-corrected chi connectivity index (χ4v) is 3.04. The fourth-order valence-electron chi connectivity index (χ4n) is 2.87. The molecule has 0 spiro atoms. The van der Waals surface area contributed by atoms with Crippen LogP contribution in [0.5, 0.6) is 5.75 Å². The Balaban J connectivity index is 2.32. The Labute approximate surface area is 140 Å². The van der Waals surface area contributed by atoms with E-state index in [2.05, 4.69) is 0 Å². The molecule has 1 aromatic rings. The molecule has 7 heteroatoms. The van der Waals surface area contributed by atoms with Gasteiger partial charge in [-0.2, -0.15) is 13.2 Å². The molecule has 126 valence electrons. The van der Waals surface area contributed by atoms with Crippen molar-refractivity contribution in [2.45, 2.75) is 25.1 Å². The number of alkyl halides is 3. The van der Waals surface area contributed by atoms with Crippen LogP contribution in [-0.4, -0.2) is 23.4 Å². The standard InChI is InChI=1S/C17H12ClF3O3/c18-10-6-7-12-11(8-10)13(9-4-2-1-3-5-9)14(16(22)23)15(24-12)17(19,20)21/h1-2,4,6-8,15H,3,5H2,(H,22,23). The van der Waals surface area contributed by atoms with Gasteiger partial charge in [0.15, 0.2) is 0 Å². The van der Waals surface area contributed by atoms with E-state index in [4.69, 9.17) is 16.3 Å². The van der Waals surface area contributed by atoms with Crippen LogP contribution in [0.4, 0.5) is 13.2 Å². The van der Waals surface area contributed by atoms with E-state index in [9.17, 15) is 23.1 Å². The maximum absolute atomic E-state index is 13.4. The molecule has 1 atom stereocenters. The summed E-state index contributed by atoms with van der Waals surface area (Å²) in [6, 6.07) is 4.17. The second-order valence-electron chi connectivity index (χ2n) is 5.43. The lowest BCUT2D eigenvalue weighted by Gasteiger charge is -2.32. The number of allylic oxidation sites excluding steroid dienone is 5. The first-order chi connectivity index (χ1) is 11.3. The molecule has 3 nitrogen and oxygen atoms in total. The second-order valence-corrected chi connectivity index (χ2v) is 5.87. The van der Waals surface area contributed by atoms with Gasteiger partial charge in [0.1, 0.15) is 5.75 Å². The van der Waals surface area contributed by atoms with Gasteiger partial charge in [-0.1, -0.05) is 29.8 Å². The quantitative estimate of drug-likeness (QED) is 0.829. The number of ether oxygens (including phenoxy) is 1. The molecule has 1 N–H and O–H groups in total. The number of carbonyl (C=O) groups is 1. The van der Waals surface area contributed by atoms with E-state index in [1.165, 1.54) is 18.2 Å². The molecule has 0 bridgehead atoms. The summed E-state index contributed by atoms with van der Waals surface area (Å²) in [5, 5.41) is 9.74. The SMILES string of the molecule is O=C(O)C1=C(C2=CC=CCC2)c2cc(Cl)ccc2OC1C(F)(F)F. The van der Waals surface area contributed by atoms with Crippen LogP contribution in [0.25, 0.3) is 5.57 Å². The van der Waals surface area contributed by atoms with Crippen LogP contribution < -0.4 is 4.74 Å². The molecular weight excluding hydrogens is 345 g/mol. The molecule has 0 radical (unpaired) electrons. The first-order valence-corrected chi connectivity index (χ1v) is 7.53. The Bertz CT molecular complexity index is 791. The van der Waals surface area contributed by atoms with Gasteiger partial charge in [0, 0.05) is 16.2 Å². The summed E-state index contributed by atoms with van der Waals surface area (Å²) in [5.41, 5.74) is 0.0228. The number of benzene rings is 1. The lowest BCUT2D eigenvalue weighted by Crippen LogP contribution is -2.41. The lowest BCUT2D eigenvalue weighted by molar-refractivity contribution is -0.187. The molecule has 0 saturated carbocycles. The Kier molecular flexibility index (Phi) is 4.17. The van der Waals surface area contributed by atoms with Crippen LogP contribution in [0.2, 0.25) is 5.02 Å². The Morgan fingerprint density at radius 2 is 2.08 bits per heavy atom. The van der Waals surface area contributed by atoms with Crippen molar-refractivity contribution in [1.29, 1.82) is 0 Å². The van der Waals surface area contributed by atoms with Gasteiger partial charge in [0.05, 0.1) is 5.57 Å². The molecule has 1 heterocycles. The fraction of sp³-hybridized carbons (Fsp3) is 0.235. The highest BCUT2D eigenvalue weighted by Crippen LogP contribution is 2.46. The van der Waals surface area contributed by atoms with E-state index < -0.39 is 23.8 Å². The van der Waals surface area contributed by atoms with E-state index >= 15 is 0 Å². The number of halogens is 4. The normalized spacial score (nSPS) is 20.3. The van der Waals surface area contributed by atoms with E-state index in [-0.39, 0.29) is 21.9 Å². The predicted molar refractivity (Wildman–Crippen MR) is 82.9 cm³/mol. The molecule has 24 heavy (non-hydrogen) atoms. The van der Waals surface area contributed by atoms with E-state index in [0.717, 1.165) is 0 Å². The molecular formula is C17H12ClF3O3. The summed E-state index contributed by atoms with van der Waals surface area (Å²) in [5.74, 6) is -1.69. The van der Waals surface area contributed by atoms with Gasteiger partial charge in [-0.3, -0.25) is 0 Å².